The van der Waals surface area contributed by atoms with Gasteiger partial charge < -0.3 is 11.1 Å². The third kappa shape index (κ3) is 3.26. The number of hydrogen-bond acceptors (Lipinski definition) is 2. The van der Waals surface area contributed by atoms with Crippen molar-refractivity contribution in [3.05, 3.63) is 29.8 Å². The van der Waals surface area contributed by atoms with Gasteiger partial charge >= 0.3 is 0 Å². The van der Waals surface area contributed by atoms with E-state index in [-0.39, 0.29) is 11.9 Å². The van der Waals surface area contributed by atoms with Crippen molar-refractivity contribution in [2.24, 2.45) is 5.73 Å². The highest BCUT2D eigenvalue weighted by Gasteiger charge is 2.12. The zero-order valence-corrected chi connectivity index (χ0v) is 10.2. The number of rotatable bonds is 5. The number of nitrogens with two attached hydrogens (primary N) is 1. The summed E-state index contributed by atoms with van der Waals surface area (Å²) in [4.78, 5) is 11.1. The van der Waals surface area contributed by atoms with Crippen LogP contribution in [0.25, 0.3) is 0 Å². The number of nitrogens with one attached hydrogen (secondary N) is 1. The van der Waals surface area contributed by atoms with Gasteiger partial charge in [-0.25, -0.2) is 0 Å². The Morgan fingerprint density at radius 1 is 1.44 bits per heavy atom. The molecule has 3 N–H and O–H groups in total. The van der Waals surface area contributed by atoms with Crippen molar-refractivity contribution in [1.29, 1.82) is 0 Å². The van der Waals surface area contributed by atoms with Gasteiger partial charge in [0.25, 0.3) is 0 Å². The van der Waals surface area contributed by atoms with E-state index in [1.807, 2.05) is 19.1 Å². The summed E-state index contributed by atoms with van der Waals surface area (Å²) in [5, 5.41) is 3.15. The third-order valence-electron chi connectivity index (χ3n) is 2.65. The minimum absolute atomic E-state index is 0.289. The van der Waals surface area contributed by atoms with Crippen LogP contribution in [-0.4, -0.2) is 11.9 Å². The van der Waals surface area contributed by atoms with Gasteiger partial charge in [0.1, 0.15) is 6.04 Å². The van der Waals surface area contributed by atoms with E-state index >= 15 is 0 Å². The molecule has 0 spiro atoms. The van der Waals surface area contributed by atoms with Crippen LogP contribution in [0.2, 0.25) is 0 Å². The molecule has 0 aliphatic rings. The van der Waals surface area contributed by atoms with E-state index in [9.17, 15) is 4.79 Å². The summed E-state index contributed by atoms with van der Waals surface area (Å²) >= 11 is 0. The fraction of sp³-hybridized carbons (Fsp3) is 0.462. The largest absolute Gasteiger partial charge is 0.374 e. The number of carbonyl (C=O) groups is 1. The monoisotopic (exact) mass is 220 g/mol. The molecule has 1 aromatic carbocycles. The molecule has 3 nitrogen and oxygen atoms in total. The summed E-state index contributed by atoms with van der Waals surface area (Å²) < 4.78 is 0. The van der Waals surface area contributed by atoms with Gasteiger partial charge in [-0.3, -0.25) is 4.79 Å². The van der Waals surface area contributed by atoms with Crippen molar-refractivity contribution in [3.8, 4) is 0 Å². The fourth-order valence-electron chi connectivity index (χ4n) is 1.56. The number of hydrogen-bond donors (Lipinski definition) is 2. The molecule has 0 saturated heterocycles. The maximum Gasteiger partial charge on any atom is 0.239 e. The molecule has 0 radical (unpaired) electrons. The van der Waals surface area contributed by atoms with Crippen LogP contribution in [0.1, 0.15) is 38.7 Å². The van der Waals surface area contributed by atoms with Crippen LogP contribution in [0.3, 0.4) is 0 Å². The van der Waals surface area contributed by atoms with Gasteiger partial charge in [0.15, 0.2) is 0 Å². The first-order valence-corrected chi connectivity index (χ1v) is 5.70. The summed E-state index contributed by atoms with van der Waals surface area (Å²) in [5.41, 5.74) is 7.50. The number of amides is 1. The van der Waals surface area contributed by atoms with Gasteiger partial charge in [-0.1, -0.05) is 32.9 Å². The van der Waals surface area contributed by atoms with Crippen molar-refractivity contribution in [3.63, 3.8) is 0 Å². The van der Waals surface area contributed by atoms with Crippen molar-refractivity contribution in [2.45, 2.75) is 39.2 Å². The second-order valence-electron chi connectivity index (χ2n) is 4.29. The third-order valence-corrected chi connectivity index (χ3v) is 2.65. The Hall–Kier alpha value is -1.51. The Morgan fingerprint density at radius 3 is 2.62 bits per heavy atom. The summed E-state index contributed by atoms with van der Waals surface area (Å²) in [6, 6.07) is 7.81. The SMILES string of the molecule is CCC(Nc1cccc(C(C)C)c1)C(N)=O. The lowest BCUT2D eigenvalue weighted by atomic mass is 10.0. The van der Waals surface area contributed by atoms with Crippen molar-refractivity contribution < 1.29 is 4.79 Å². The molecule has 3 heteroatoms. The van der Waals surface area contributed by atoms with Crippen LogP contribution < -0.4 is 11.1 Å². The average Bonchev–Trinajstić information content (AvgIpc) is 2.25. The summed E-state index contributed by atoms with van der Waals surface area (Å²) in [6.07, 6.45) is 0.696. The second-order valence-corrected chi connectivity index (χ2v) is 4.29. The standard InChI is InChI=1S/C13H20N2O/c1-4-12(13(14)16)15-11-7-5-6-10(8-11)9(2)3/h5-9,12,15H,4H2,1-3H3,(H2,14,16). The highest BCUT2D eigenvalue weighted by atomic mass is 16.1. The molecule has 1 amide bonds. The van der Waals surface area contributed by atoms with Crippen LogP contribution >= 0.6 is 0 Å². The van der Waals surface area contributed by atoms with Crippen LogP contribution in [0.4, 0.5) is 5.69 Å². The maximum atomic E-state index is 11.1. The Labute approximate surface area is 97.0 Å². The Kier molecular flexibility index (Phi) is 4.35. The molecule has 1 atom stereocenters. The smallest absolute Gasteiger partial charge is 0.239 e. The highest BCUT2D eigenvalue weighted by Crippen LogP contribution is 2.19. The quantitative estimate of drug-likeness (QED) is 0.801. The van der Waals surface area contributed by atoms with Gasteiger partial charge in [0.05, 0.1) is 0 Å². The van der Waals surface area contributed by atoms with Crippen LogP contribution in [0, 0.1) is 0 Å². The molecule has 0 saturated carbocycles. The molecular weight excluding hydrogens is 200 g/mol. The van der Waals surface area contributed by atoms with Gasteiger partial charge in [-0.05, 0) is 30.0 Å². The molecule has 16 heavy (non-hydrogen) atoms. The van der Waals surface area contributed by atoms with E-state index in [0.29, 0.717) is 12.3 Å². The fourth-order valence-corrected chi connectivity index (χ4v) is 1.56. The zero-order valence-electron chi connectivity index (χ0n) is 10.2. The molecule has 0 aliphatic carbocycles. The van der Waals surface area contributed by atoms with Crippen LogP contribution in [0.5, 0.6) is 0 Å². The lowest BCUT2D eigenvalue weighted by Crippen LogP contribution is -2.34. The number of benzene rings is 1. The summed E-state index contributed by atoms with van der Waals surface area (Å²) in [7, 11) is 0. The van der Waals surface area contributed by atoms with E-state index < -0.39 is 0 Å². The Bertz CT molecular complexity index is 361. The molecular formula is C13H20N2O. The average molecular weight is 220 g/mol. The molecule has 88 valence electrons. The molecule has 0 aromatic heterocycles. The zero-order chi connectivity index (χ0) is 12.1. The summed E-state index contributed by atoms with van der Waals surface area (Å²) in [6.45, 7) is 6.23. The predicted octanol–water partition coefficient (Wildman–Crippen LogP) is 2.49. The first-order valence-electron chi connectivity index (χ1n) is 5.70. The van der Waals surface area contributed by atoms with E-state index in [1.54, 1.807) is 0 Å². The molecule has 1 rings (SSSR count). The van der Waals surface area contributed by atoms with E-state index in [1.165, 1.54) is 5.56 Å². The highest BCUT2D eigenvalue weighted by molar-refractivity contribution is 5.82. The van der Waals surface area contributed by atoms with Gasteiger partial charge in [0.2, 0.25) is 5.91 Å². The predicted molar refractivity (Wildman–Crippen MR) is 67.4 cm³/mol. The van der Waals surface area contributed by atoms with E-state index in [2.05, 4.69) is 31.3 Å². The molecule has 1 unspecified atom stereocenters. The van der Waals surface area contributed by atoms with Crippen molar-refractivity contribution in [1.82, 2.24) is 0 Å². The number of carbonyl (C=O) groups excluding carboxylic acids is 1. The number of primary amides is 1. The topological polar surface area (TPSA) is 55.1 Å². The summed E-state index contributed by atoms with van der Waals surface area (Å²) in [5.74, 6) is 0.174. The minimum Gasteiger partial charge on any atom is -0.374 e. The molecule has 0 aliphatic heterocycles. The first-order chi connectivity index (χ1) is 7.54. The van der Waals surface area contributed by atoms with E-state index in [0.717, 1.165) is 5.69 Å². The van der Waals surface area contributed by atoms with Crippen LogP contribution in [0.15, 0.2) is 24.3 Å². The maximum absolute atomic E-state index is 11.1. The van der Waals surface area contributed by atoms with Gasteiger partial charge in [-0.2, -0.15) is 0 Å². The lowest BCUT2D eigenvalue weighted by Gasteiger charge is -2.16. The Morgan fingerprint density at radius 2 is 2.12 bits per heavy atom. The van der Waals surface area contributed by atoms with E-state index in [4.69, 9.17) is 5.73 Å². The van der Waals surface area contributed by atoms with Crippen LogP contribution in [-0.2, 0) is 4.79 Å². The molecule has 0 heterocycles. The molecule has 1 aromatic rings. The van der Waals surface area contributed by atoms with Crippen molar-refractivity contribution >= 4 is 11.6 Å². The van der Waals surface area contributed by atoms with Gasteiger partial charge in [-0.15, -0.1) is 0 Å². The van der Waals surface area contributed by atoms with Crippen molar-refractivity contribution in [2.75, 3.05) is 5.32 Å². The minimum atomic E-state index is -0.308. The Balaban J connectivity index is 2.80. The first kappa shape index (κ1) is 12.6. The normalized spacial score (nSPS) is 12.5. The molecule has 0 bridgehead atoms. The molecule has 0 fully saturated rings. The lowest BCUT2D eigenvalue weighted by molar-refractivity contribution is -0.118. The number of anilines is 1. The van der Waals surface area contributed by atoms with Gasteiger partial charge in [0, 0.05) is 5.69 Å². The second kappa shape index (κ2) is 5.54.